The molecule has 1 fully saturated rings. The molecule has 2 rings (SSSR count). The summed E-state index contributed by atoms with van der Waals surface area (Å²) in [5.74, 6) is -0.0886. The number of nitrogens with zero attached hydrogens (tertiary/aromatic N) is 3. The first kappa shape index (κ1) is 11.6. The summed E-state index contributed by atoms with van der Waals surface area (Å²) in [5, 5.41) is 2.63. The summed E-state index contributed by atoms with van der Waals surface area (Å²) in [6.45, 7) is 1.18. The molecule has 0 aliphatic carbocycles. The van der Waals surface area contributed by atoms with Crippen LogP contribution in [0.4, 0.5) is 4.79 Å². The second kappa shape index (κ2) is 4.99. The van der Waals surface area contributed by atoms with Gasteiger partial charge in [-0.3, -0.25) is 9.36 Å². The summed E-state index contributed by atoms with van der Waals surface area (Å²) < 4.78 is 1.44. The van der Waals surface area contributed by atoms with Crippen molar-refractivity contribution in [2.24, 2.45) is 5.92 Å². The Morgan fingerprint density at radius 3 is 2.94 bits per heavy atom. The molecule has 1 aromatic heterocycles. The van der Waals surface area contributed by atoms with Gasteiger partial charge in [0.15, 0.2) is 0 Å². The Kier molecular flexibility index (Phi) is 3.41. The fourth-order valence-electron chi connectivity index (χ4n) is 2.10. The molecule has 1 aliphatic rings. The summed E-state index contributed by atoms with van der Waals surface area (Å²) in [4.78, 5) is 29.1. The molecular formula is C11H16N4O2. The van der Waals surface area contributed by atoms with E-state index in [0.29, 0.717) is 13.1 Å². The van der Waals surface area contributed by atoms with Gasteiger partial charge in [-0.15, -0.1) is 0 Å². The Morgan fingerprint density at radius 2 is 2.29 bits per heavy atom. The number of piperidine rings is 1. The van der Waals surface area contributed by atoms with E-state index >= 15 is 0 Å². The fourth-order valence-corrected chi connectivity index (χ4v) is 2.10. The van der Waals surface area contributed by atoms with Gasteiger partial charge in [-0.2, -0.15) is 0 Å². The third-order valence-corrected chi connectivity index (χ3v) is 3.03. The van der Waals surface area contributed by atoms with E-state index in [4.69, 9.17) is 0 Å². The number of amides is 2. The quantitative estimate of drug-likeness (QED) is 0.763. The van der Waals surface area contributed by atoms with Crippen molar-refractivity contribution in [3.8, 4) is 0 Å². The van der Waals surface area contributed by atoms with E-state index in [1.807, 2.05) is 0 Å². The Hall–Kier alpha value is -1.85. The lowest BCUT2D eigenvalue weighted by Crippen LogP contribution is -2.46. The average Bonchev–Trinajstić information content (AvgIpc) is 2.91. The number of carbonyl (C=O) groups excluding carboxylic acids is 2. The second-order valence-electron chi connectivity index (χ2n) is 4.15. The van der Waals surface area contributed by atoms with Crippen LogP contribution in [0.1, 0.15) is 12.8 Å². The van der Waals surface area contributed by atoms with Crippen molar-refractivity contribution in [3.05, 3.63) is 18.7 Å². The molecular weight excluding hydrogens is 220 g/mol. The van der Waals surface area contributed by atoms with Crippen molar-refractivity contribution in [2.45, 2.75) is 12.8 Å². The van der Waals surface area contributed by atoms with Gasteiger partial charge in [0.25, 0.3) is 0 Å². The number of imidazole rings is 1. The molecule has 0 spiro atoms. The SMILES string of the molecule is CNC(=O)C1CCCN(C(=O)n2ccnc2)C1. The van der Waals surface area contributed by atoms with Crippen LogP contribution in [-0.4, -0.2) is 46.5 Å². The minimum atomic E-state index is -0.115. The van der Waals surface area contributed by atoms with Crippen molar-refractivity contribution in [1.29, 1.82) is 0 Å². The van der Waals surface area contributed by atoms with Crippen LogP contribution in [-0.2, 0) is 4.79 Å². The maximum Gasteiger partial charge on any atom is 0.329 e. The van der Waals surface area contributed by atoms with Crippen LogP contribution < -0.4 is 5.32 Å². The zero-order valence-electron chi connectivity index (χ0n) is 9.80. The van der Waals surface area contributed by atoms with Crippen LogP contribution in [0.5, 0.6) is 0 Å². The van der Waals surface area contributed by atoms with Crippen LogP contribution in [0, 0.1) is 5.92 Å². The highest BCUT2D eigenvalue weighted by atomic mass is 16.2. The third kappa shape index (κ3) is 2.46. The highest BCUT2D eigenvalue weighted by Gasteiger charge is 2.28. The van der Waals surface area contributed by atoms with Gasteiger partial charge in [0.1, 0.15) is 6.33 Å². The lowest BCUT2D eigenvalue weighted by Gasteiger charge is -2.31. The van der Waals surface area contributed by atoms with Gasteiger partial charge in [0.05, 0.1) is 5.92 Å². The summed E-state index contributed by atoms with van der Waals surface area (Å²) in [6, 6.07) is -0.115. The van der Waals surface area contributed by atoms with Gasteiger partial charge in [-0.05, 0) is 12.8 Å². The van der Waals surface area contributed by atoms with E-state index < -0.39 is 0 Å². The number of nitrogens with one attached hydrogen (secondary N) is 1. The molecule has 0 radical (unpaired) electrons. The van der Waals surface area contributed by atoms with Crippen molar-refractivity contribution in [1.82, 2.24) is 19.8 Å². The molecule has 1 unspecified atom stereocenters. The number of carbonyl (C=O) groups is 2. The molecule has 0 saturated carbocycles. The minimum absolute atomic E-state index is 0.00753. The molecule has 1 saturated heterocycles. The maximum absolute atomic E-state index is 12.0. The molecule has 2 heterocycles. The lowest BCUT2D eigenvalue weighted by atomic mass is 9.97. The molecule has 6 nitrogen and oxygen atoms in total. The first-order valence-electron chi connectivity index (χ1n) is 5.71. The Morgan fingerprint density at radius 1 is 1.47 bits per heavy atom. The molecule has 1 aromatic rings. The van der Waals surface area contributed by atoms with Crippen molar-refractivity contribution >= 4 is 11.9 Å². The molecule has 1 atom stereocenters. The molecule has 1 aliphatic heterocycles. The number of likely N-dealkylation sites (tertiary alicyclic amines) is 1. The van der Waals surface area contributed by atoms with E-state index in [1.165, 1.54) is 10.9 Å². The fraction of sp³-hybridized carbons (Fsp3) is 0.545. The van der Waals surface area contributed by atoms with Crippen LogP contribution in [0.25, 0.3) is 0 Å². The average molecular weight is 236 g/mol. The summed E-state index contributed by atoms with van der Waals surface area (Å²) >= 11 is 0. The van der Waals surface area contributed by atoms with Crippen molar-refractivity contribution < 1.29 is 9.59 Å². The normalized spacial score (nSPS) is 20.1. The standard InChI is InChI=1S/C11H16N4O2/c1-12-10(16)9-3-2-5-14(7-9)11(17)15-6-4-13-8-15/h4,6,8-9H,2-3,5,7H2,1H3,(H,12,16). The monoisotopic (exact) mass is 236 g/mol. The second-order valence-corrected chi connectivity index (χ2v) is 4.15. The van der Waals surface area contributed by atoms with Gasteiger partial charge in [0, 0.05) is 32.5 Å². The number of aromatic nitrogens is 2. The highest BCUT2D eigenvalue weighted by Crippen LogP contribution is 2.17. The maximum atomic E-state index is 12.0. The van der Waals surface area contributed by atoms with E-state index in [2.05, 4.69) is 10.3 Å². The summed E-state index contributed by atoms with van der Waals surface area (Å²) in [5.41, 5.74) is 0. The van der Waals surface area contributed by atoms with Crippen LogP contribution >= 0.6 is 0 Å². The van der Waals surface area contributed by atoms with Crippen molar-refractivity contribution in [2.75, 3.05) is 20.1 Å². The van der Waals surface area contributed by atoms with Gasteiger partial charge in [-0.25, -0.2) is 9.78 Å². The third-order valence-electron chi connectivity index (χ3n) is 3.03. The summed E-state index contributed by atoms with van der Waals surface area (Å²) in [6.07, 6.45) is 6.36. The predicted molar refractivity (Wildman–Crippen MR) is 61.4 cm³/mol. The minimum Gasteiger partial charge on any atom is -0.359 e. The van der Waals surface area contributed by atoms with Crippen LogP contribution in [0.3, 0.4) is 0 Å². The number of hydrogen-bond donors (Lipinski definition) is 1. The zero-order chi connectivity index (χ0) is 12.3. The van der Waals surface area contributed by atoms with E-state index in [-0.39, 0.29) is 17.9 Å². The molecule has 0 aromatic carbocycles. The first-order chi connectivity index (χ1) is 8.22. The summed E-state index contributed by atoms with van der Waals surface area (Å²) in [7, 11) is 1.62. The Balaban J connectivity index is 2.02. The molecule has 6 heteroatoms. The van der Waals surface area contributed by atoms with Gasteiger partial charge in [0.2, 0.25) is 5.91 Å². The van der Waals surface area contributed by atoms with Gasteiger partial charge < -0.3 is 10.2 Å². The van der Waals surface area contributed by atoms with E-state index in [1.54, 1.807) is 24.3 Å². The van der Waals surface area contributed by atoms with E-state index in [9.17, 15) is 9.59 Å². The highest BCUT2D eigenvalue weighted by molar-refractivity contribution is 5.81. The molecule has 2 amide bonds. The number of hydrogen-bond acceptors (Lipinski definition) is 3. The zero-order valence-corrected chi connectivity index (χ0v) is 9.80. The van der Waals surface area contributed by atoms with Crippen LogP contribution in [0.2, 0.25) is 0 Å². The molecule has 1 N–H and O–H groups in total. The topological polar surface area (TPSA) is 67.2 Å². The molecule has 0 bridgehead atoms. The van der Waals surface area contributed by atoms with Crippen molar-refractivity contribution in [3.63, 3.8) is 0 Å². The Bertz CT molecular complexity index is 402. The lowest BCUT2D eigenvalue weighted by molar-refractivity contribution is -0.125. The Labute approximate surface area is 99.6 Å². The van der Waals surface area contributed by atoms with E-state index in [0.717, 1.165) is 12.8 Å². The van der Waals surface area contributed by atoms with Gasteiger partial charge >= 0.3 is 6.03 Å². The van der Waals surface area contributed by atoms with Gasteiger partial charge in [-0.1, -0.05) is 0 Å². The predicted octanol–water partition coefficient (Wildman–Crippen LogP) is 0.309. The molecule has 17 heavy (non-hydrogen) atoms. The van der Waals surface area contributed by atoms with Crippen LogP contribution in [0.15, 0.2) is 18.7 Å². The smallest absolute Gasteiger partial charge is 0.329 e. The number of rotatable bonds is 1. The first-order valence-corrected chi connectivity index (χ1v) is 5.71. The molecule has 92 valence electrons. The largest absolute Gasteiger partial charge is 0.359 e.